The maximum absolute atomic E-state index is 5.36. The molecule has 0 saturated heterocycles. The summed E-state index contributed by atoms with van der Waals surface area (Å²) in [5, 5.41) is 17.5. The zero-order valence-electron chi connectivity index (χ0n) is 68.1. The highest BCUT2D eigenvalue weighted by molar-refractivity contribution is 6.32. The SMILES string of the molecule is CC12CCCCC1(C)N(c1nccc3ccccc13)c1ccc(-c3cc(-c4ccc5c(c4)C4(C)CCCCC4(C)N5c4nccc5ccccc45)c4ccc5c(-c6ccc7c(c6)C6(C)CCCCC6(C)N7c6nccc7ccccc67)cc(-c6ccc7c(c6)C6(C)CCCCC6(C)N7c6nccc7ccccc67)c6ccc3c4c65)cc12. The van der Waals surface area contributed by atoms with Crippen LogP contribution in [0.2, 0.25) is 0 Å². The first kappa shape index (κ1) is 68.9. The molecule has 8 aliphatic rings. The summed E-state index contributed by atoms with van der Waals surface area (Å²) in [5.74, 6) is 4.24. The van der Waals surface area contributed by atoms with Gasteiger partial charge in [0.25, 0.3) is 0 Å². The number of benzene rings is 12. The van der Waals surface area contributed by atoms with Crippen molar-refractivity contribution in [2.24, 2.45) is 0 Å². The lowest BCUT2D eigenvalue weighted by Crippen LogP contribution is -2.54. The van der Waals surface area contributed by atoms with Crippen LogP contribution in [0.15, 0.2) is 255 Å². The number of nitrogens with zero attached hydrogens (tertiary/aromatic N) is 8. The number of fused-ring (bicyclic) bond motifs is 16. The Kier molecular flexibility index (Phi) is 14.3. The van der Waals surface area contributed by atoms with Crippen LogP contribution in [0.25, 0.3) is 120 Å². The zero-order valence-corrected chi connectivity index (χ0v) is 68.1. The molecule has 0 amide bonds. The van der Waals surface area contributed by atoms with Crippen molar-refractivity contribution in [3.8, 4) is 44.5 Å². The second-order valence-corrected chi connectivity index (χ2v) is 38.0. The van der Waals surface area contributed by atoms with Gasteiger partial charge < -0.3 is 19.6 Å². The third-order valence-electron chi connectivity index (χ3n) is 33.0. The van der Waals surface area contributed by atoms with Gasteiger partial charge in [0.2, 0.25) is 0 Å². The molecule has 8 nitrogen and oxygen atoms in total. The summed E-state index contributed by atoms with van der Waals surface area (Å²) >= 11 is 0. The largest absolute Gasteiger partial charge is 0.319 e. The van der Waals surface area contributed by atoms with E-state index in [0.717, 1.165) is 74.6 Å². The average molecular weight is 1510 g/mol. The van der Waals surface area contributed by atoms with E-state index in [1.165, 1.54) is 216 Å². The third-order valence-corrected chi connectivity index (χ3v) is 33.0. The van der Waals surface area contributed by atoms with Gasteiger partial charge in [-0.25, -0.2) is 19.9 Å². The molecule has 8 unspecified atom stereocenters. The summed E-state index contributed by atoms with van der Waals surface area (Å²) in [6, 6.07) is 90.3. The molecule has 24 rings (SSSR count). The van der Waals surface area contributed by atoms with Gasteiger partial charge in [-0.05, 0) is 285 Å². The molecule has 4 aromatic heterocycles. The Bertz CT molecular complexity index is 6090. The Morgan fingerprint density at radius 1 is 0.224 bits per heavy atom. The fourth-order valence-corrected chi connectivity index (χ4v) is 26.0. The Balaban J connectivity index is 0.786. The molecule has 4 aliphatic heterocycles. The molecule has 8 atom stereocenters. The molecule has 570 valence electrons. The van der Waals surface area contributed by atoms with E-state index >= 15 is 0 Å². The first-order chi connectivity index (χ1) is 56.5. The van der Waals surface area contributed by atoms with Gasteiger partial charge in [-0.1, -0.05) is 225 Å². The maximum Gasteiger partial charge on any atom is 0.141 e. The highest BCUT2D eigenvalue weighted by Crippen LogP contribution is 2.68. The second-order valence-electron chi connectivity index (χ2n) is 38.0. The van der Waals surface area contributed by atoms with Gasteiger partial charge >= 0.3 is 0 Å². The number of anilines is 8. The minimum atomic E-state index is -0.209. The van der Waals surface area contributed by atoms with Crippen LogP contribution in [0, 0.1) is 0 Å². The fourth-order valence-electron chi connectivity index (χ4n) is 26.0. The van der Waals surface area contributed by atoms with E-state index in [0.29, 0.717) is 0 Å². The lowest BCUT2D eigenvalue weighted by atomic mass is 9.61. The summed E-state index contributed by atoms with van der Waals surface area (Å²) in [4.78, 5) is 32.2. The van der Waals surface area contributed by atoms with E-state index < -0.39 is 0 Å². The quantitative estimate of drug-likeness (QED) is 0.139. The molecule has 8 heterocycles. The molecule has 4 saturated carbocycles. The van der Waals surface area contributed by atoms with Crippen LogP contribution in [0.1, 0.15) is 180 Å². The number of rotatable bonds is 8. The van der Waals surface area contributed by atoms with Crippen molar-refractivity contribution < 1.29 is 0 Å². The van der Waals surface area contributed by atoms with Crippen LogP contribution < -0.4 is 19.6 Å². The van der Waals surface area contributed by atoms with Gasteiger partial charge in [0.05, 0.1) is 22.2 Å². The summed E-state index contributed by atoms with van der Waals surface area (Å²) in [6.07, 6.45) is 26.4. The maximum atomic E-state index is 5.36. The van der Waals surface area contributed by atoms with Crippen LogP contribution in [0.3, 0.4) is 0 Å². The van der Waals surface area contributed by atoms with Gasteiger partial charge in [0.15, 0.2) is 0 Å². The molecular formula is C108H98N8. The molecule has 4 fully saturated rings. The van der Waals surface area contributed by atoms with E-state index in [-0.39, 0.29) is 43.8 Å². The predicted molar refractivity (Wildman–Crippen MR) is 484 cm³/mol. The van der Waals surface area contributed by atoms with Crippen molar-refractivity contribution >= 4 is 121 Å². The van der Waals surface area contributed by atoms with Gasteiger partial charge in [-0.2, -0.15) is 0 Å². The van der Waals surface area contributed by atoms with Crippen LogP contribution in [-0.4, -0.2) is 42.1 Å². The third kappa shape index (κ3) is 8.80. The number of pyridine rings is 4. The zero-order chi connectivity index (χ0) is 77.8. The van der Waals surface area contributed by atoms with Crippen molar-refractivity contribution in [1.29, 1.82) is 0 Å². The van der Waals surface area contributed by atoms with Gasteiger partial charge in [-0.3, -0.25) is 0 Å². The average Bonchev–Trinajstić information content (AvgIpc) is 1.43. The molecule has 0 N–H and O–H groups in total. The minimum absolute atomic E-state index is 0.159. The molecule has 0 radical (unpaired) electrons. The van der Waals surface area contributed by atoms with Gasteiger partial charge in [0, 0.05) is 90.7 Å². The number of hydrogen-bond donors (Lipinski definition) is 0. The second kappa shape index (κ2) is 24.1. The van der Waals surface area contributed by atoms with Crippen LogP contribution in [0.4, 0.5) is 46.0 Å². The molecule has 116 heavy (non-hydrogen) atoms. The Labute approximate surface area is 680 Å². The molecule has 12 aromatic carbocycles. The first-order valence-corrected chi connectivity index (χ1v) is 43.4. The lowest BCUT2D eigenvalue weighted by molar-refractivity contribution is 0.194. The first-order valence-electron chi connectivity index (χ1n) is 43.4. The van der Waals surface area contributed by atoms with Crippen molar-refractivity contribution in [2.45, 2.75) is 202 Å². The molecule has 0 bridgehead atoms. The van der Waals surface area contributed by atoms with Crippen LogP contribution >= 0.6 is 0 Å². The highest BCUT2D eigenvalue weighted by atomic mass is 15.3. The van der Waals surface area contributed by atoms with E-state index in [1.54, 1.807) is 0 Å². The highest BCUT2D eigenvalue weighted by Gasteiger charge is 2.63. The van der Waals surface area contributed by atoms with E-state index in [1.807, 2.05) is 24.8 Å². The van der Waals surface area contributed by atoms with Crippen LogP contribution in [0.5, 0.6) is 0 Å². The smallest absolute Gasteiger partial charge is 0.141 e. The monoisotopic (exact) mass is 1510 g/mol. The topological polar surface area (TPSA) is 64.5 Å². The lowest BCUT2D eigenvalue weighted by Gasteiger charge is -2.50. The van der Waals surface area contributed by atoms with E-state index in [4.69, 9.17) is 19.9 Å². The Hall–Kier alpha value is -11.5. The van der Waals surface area contributed by atoms with Crippen molar-refractivity contribution in [1.82, 2.24) is 19.9 Å². The Morgan fingerprint density at radius 3 is 0.690 bits per heavy atom. The molecule has 0 spiro atoms. The van der Waals surface area contributed by atoms with Crippen molar-refractivity contribution in [3.63, 3.8) is 0 Å². The minimum Gasteiger partial charge on any atom is -0.319 e. The summed E-state index contributed by atoms with van der Waals surface area (Å²) in [7, 11) is 0. The summed E-state index contributed by atoms with van der Waals surface area (Å²) in [5.41, 5.74) is 19.5. The fraction of sp³-hybridized carbons (Fsp3) is 0.296. The molecule has 16 aromatic rings. The molecule has 8 heteroatoms. The van der Waals surface area contributed by atoms with Gasteiger partial charge in [-0.15, -0.1) is 0 Å². The standard InChI is InChI=1S/C108H98N8/c1-101-49-17-21-53-105(101,5)113(97-75-29-13-9-25-67(75)45-57-109-97)91-41-33-71(61-87(91)101)83-65-84(72-34-42-92-88(62-72)102(2)50-18-22-54-106(102,6)114(92)98-76-30-14-10-26-68(76)46-58-110-98)80-39-40-82-86(74-36-44-94-90(64-74)104(4)52-20-24-56-108(104,8)116(94)100-78-32-16-12-28-70(78)48-60-112-100)66-85(81-38-37-79(83)95(80)96(81)82)73-35-43-93-89(63-73)103(3)51-19-23-55-107(103,7)115(93)99-77-31-15-11-27-69(77)47-59-111-99/h9-16,25-48,57-66H,17-24,49-56H2,1-8H3. The van der Waals surface area contributed by atoms with Crippen molar-refractivity contribution in [2.75, 3.05) is 19.6 Å². The number of aromatic nitrogens is 4. The van der Waals surface area contributed by atoms with E-state index in [9.17, 15) is 0 Å². The Morgan fingerprint density at radius 2 is 0.448 bits per heavy atom. The van der Waals surface area contributed by atoms with Gasteiger partial charge in [0.1, 0.15) is 23.3 Å². The summed E-state index contributed by atoms with van der Waals surface area (Å²) < 4.78 is 0. The van der Waals surface area contributed by atoms with Crippen molar-refractivity contribution in [3.05, 3.63) is 278 Å². The molecular weight excluding hydrogens is 1410 g/mol. The molecule has 4 aliphatic carbocycles. The van der Waals surface area contributed by atoms with Crippen LogP contribution in [-0.2, 0) is 21.7 Å². The van der Waals surface area contributed by atoms with E-state index in [2.05, 4.69) is 306 Å². The summed E-state index contributed by atoms with van der Waals surface area (Å²) in [6.45, 7) is 20.6. The normalized spacial score (nSPS) is 26.4. The number of hydrogen-bond acceptors (Lipinski definition) is 8. The predicted octanol–water partition coefficient (Wildman–Crippen LogP) is 28.4.